The van der Waals surface area contributed by atoms with E-state index in [1.54, 1.807) is 0 Å². The molecule has 2 N–H and O–H groups in total. The highest BCUT2D eigenvalue weighted by Crippen LogP contribution is 2.30. The summed E-state index contributed by atoms with van der Waals surface area (Å²) in [7, 11) is 0. The lowest BCUT2D eigenvalue weighted by molar-refractivity contribution is 0.141. The fourth-order valence-corrected chi connectivity index (χ4v) is 2.79. The predicted octanol–water partition coefficient (Wildman–Crippen LogP) is 3.35. The molecule has 2 aromatic heterocycles. The SMILES string of the molecule is N#Cc1cc(Cl)cc(Oc2c(C(F)F)nc(Cc3cc(Cl)n[nH]c3=O)[nH]c2=O)c1. The molecular weight excluding hydrogens is 431 g/mol. The number of alkyl halides is 2. The van der Waals surface area contributed by atoms with Crippen LogP contribution < -0.4 is 15.9 Å². The van der Waals surface area contributed by atoms with Crippen LogP contribution in [0.2, 0.25) is 10.2 Å². The molecule has 0 saturated heterocycles. The van der Waals surface area contributed by atoms with E-state index in [1.807, 2.05) is 6.07 Å². The third kappa shape index (κ3) is 4.77. The van der Waals surface area contributed by atoms with Crippen molar-refractivity contribution in [3.8, 4) is 17.6 Å². The smallest absolute Gasteiger partial charge is 0.294 e. The maximum absolute atomic E-state index is 13.5. The molecule has 0 radical (unpaired) electrons. The molecule has 3 rings (SSSR count). The van der Waals surface area contributed by atoms with Crippen molar-refractivity contribution in [1.82, 2.24) is 20.2 Å². The number of H-pyrrole nitrogens is 2. The summed E-state index contributed by atoms with van der Waals surface area (Å²) in [5, 5.41) is 14.7. The van der Waals surface area contributed by atoms with Crippen molar-refractivity contribution in [2.75, 3.05) is 0 Å². The highest BCUT2D eigenvalue weighted by molar-refractivity contribution is 6.30. The first-order chi connectivity index (χ1) is 13.8. The van der Waals surface area contributed by atoms with Gasteiger partial charge in [-0.15, -0.1) is 0 Å². The van der Waals surface area contributed by atoms with Crippen LogP contribution in [0.5, 0.6) is 11.5 Å². The van der Waals surface area contributed by atoms with Gasteiger partial charge in [-0.3, -0.25) is 9.59 Å². The number of hydrogen-bond donors (Lipinski definition) is 2. The number of benzene rings is 1. The van der Waals surface area contributed by atoms with Gasteiger partial charge in [0, 0.05) is 17.0 Å². The van der Waals surface area contributed by atoms with E-state index in [4.69, 9.17) is 33.2 Å². The van der Waals surface area contributed by atoms with Gasteiger partial charge in [-0.25, -0.2) is 18.9 Å². The third-order valence-electron chi connectivity index (χ3n) is 3.59. The number of aromatic amines is 2. The van der Waals surface area contributed by atoms with Crippen LogP contribution in [0.4, 0.5) is 8.78 Å². The van der Waals surface area contributed by atoms with Crippen molar-refractivity contribution in [3.05, 3.63) is 77.8 Å². The molecule has 12 heteroatoms. The zero-order valence-corrected chi connectivity index (χ0v) is 15.7. The number of nitrogens with one attached hydrogen (secondary N) is 2. The molecule has 0 aliphatic rings. The van der Waals surface area contributed by atoms with E-state index in [-0.39, 0.29) is 39.3 Å². The molecule has 0 unspecified atom stereocenters. The number of ether oxygens (including phenoxy) is 1. The van der Waals surface area contributed by atoms with Gasteiger partial charge in [-0.05, 0) is 24.3 Å². The average Bonchev–Trinajstić information content (AvgIpc) is 2.66. The molecule has 3 aromatic rings. The summed E-state index contributed by atoms with van der Waals surface area (Å²) in [6.45, 7) is 0. The zero-order valence-electron chi connectivity index (χ0n) is 14.2. The molecule has 1 aromatic carbocycles. The quantitative estimate of drug-likeness (QED) is 0.627. The number of hydrogen-bond acceptors (Lipinski definition) is 6. The minimum atomic E-state index is -3.15. The molecular formula is C17H9Cl2F2N5O3. The Morgan fingerprint density at radius 2 is 1.93 bits per heavy atom. The number of nitriles is 1. The monoisotopic (exact) mass is 439 g/mol. The summed E-state index contributed by atoms with van der Waals surface area (Å²) in [6.07, 6.45) is -3.43. The number of aromatic nitrogens is 4. The van der Waals surface area contributed by atoms with Crippen LogP contribution in [0, 0.1) is 11.3 Å². The summed E-state index contributed by atoms with van der Waals surface area (Å²) < 4.78 is 32.3. The van der Waals surface area contributed by atoms with Crippen molar-refractivity contribution in [2.45, 2.75) is 12.8 Å². The second kappa shape index (κ2) is 8.38. The van der Waals surface area contributed by atoms with Crippen molar-refractivity contribution < 1.29 is 13.5 Å². The standard InChI is InChI=1S/C17H9Cl2F2N5O3/c18-9-1-7(6-22)2-10(5-9)29-14-13(15(20)21)23-12(24-17(14)28)4-8-3-11(19)25-26-16(8)27/h1-3,5,15H,4H2,(H,26,27)(H,23,24,28). The summed E-state index contributed by atoms with van der Waals surface area (Å²) in [5.74, 6) is -1.04. The summed E-state index contributed by atoms with van der Waals surface area (Å²) >= 11 is 11.6. The zero-order chi connectivity index (χ0) is 21.1. The Bertz CT molecular complexity index is 1240. The first-order valence-corrected chi connectivity index (χ1v) is 8.56. The molecule has 148 valence electrons. The first-order valence-electron chi connectivity index (χ1n) is 7.80. The molecule has 8 nitrogen and oxygen atoms in total. The van der Waals surface area contributed by atoms with Crippen molar-refractivity contribution in [1.29, 1.82) is 5.26 Å². The fourth-order valence-electron chi connectivity index (χ4n) is 2.39. The number of rotatable bonds is 5. The van der Waals surface area contributed by atoms with Crippen LogP contribution in [-0.2, 0) is 6.42 Å². The van der Waals surface area contributed by atoms with Gasteiger partial charge >= 0.3 is 0 Å². The Morgan fingerprint density at radius 1 is 1.17 bits per heavy atom. The summed E-state index contributed by atoms with van der Waals surface area (Å²) in [5.41, 5.74) is -2.37. The largest absolute Gasteiger partial charge is 0.449 e. The van der Waals surface area contributed by atoms with E-state index in [2.05, 4.69) is 20.2 Å². The van der Waals surface area contributed by atoms with Gasteiger partial charge < -0.3 is 9.72 Å². The maximum atomic E-state index is 13.5. The Kier molecular flexibility index (Phi) is 5.91. The lowest BCUT2D eigenvalue weighted by Gasteiger charge is -2.11. The van der Waals surface area contributed by atoms with Crippen LogP contribution in [0.25, 0.3) is 0 Å². The second-order valence-corrected chi connectivity index (χ2v) is 6.46. The average molecular weight is 440 g/mol. The summed E-state index contributed by atoms with van der Waals surface area (Å²) in [4.78, 5) is 30.2. The second-order valence-electron chi connectivity index (χ2n) is 5.64. The molecule has 29 heavy (non-hydrogen) atoms. The van der Waals surface area contributed by atoms with E-state index in [0.717, 1.165) is 0 Å². The fraction of sp³-hybridized carbons (Fsp3) is 0.118. The highest BCUT2D eigenvalue weighted by atomic mass is 35.5. The van der Waals surface area contributed by atoms with Gasteiger partial charge in [0.2, 0.25) is 5.75 Å². The molecule has 0 saturated carbocycles. The molecule has 0 amide bonds. The lowest BCUT2D eigenvalue weighted by atomic mass is 10.2. The van der Waals surface area contributed by atoms with Crippen molar-refractivity contribution in [2.24, 2.45) is 0 Å². The lowest BCUT2D eigenvalue weighted by Crippen LogP contribution is -2.20. The van der Waals surface area contributed by atoms with Crippen molar-refractivity contribution >= 4 is 23.2 Å². The van der Waals surface area contributed by atoms with Crippen LogP contribution in [0.1, 0.15) is 29.1 Å². The van der Waals surface area contributed by atoms with Gasteiger partial charge in [-0.1, -0.05) is 23.2 Å². The molecule has 0 fully saturated rings. The topological polar surface area (TPSA) is 125 Å². The molecule has 0 bridgehead atoms. The molecule has 0 aliphatic heterocycles. The van der Waals surface area contributed by atoms with Crippen molar-refractivity contribution in [3.63, 3.8) is 0 Å². The maximum Gasteiger partial charge on any atom is 0.294 e. The highest BCUT2D eigenvalue weighted by Gasteiger charge is 2.22. The Labute approximate surface area is 170 Å². The van der Waals surface area contributed by atoms with E-state index in [0.29, 0.717) is 0 Å². The van der Waals surface area contributed by atoms with Crippen LogP contribution in [0.3, 0.4) is 0 Å². The third-order valence-corrected chi connectivity index (χ3v) is 4.00. The van der Waals surface area contributed by atoms with E-state index >= 15 is 0 Å². The normalized spacial score (nSPS) is 10.8. The van der Waals surface area contributed by atoms with E-state index in [1.165, 1.54) is 24.3 Å². The minimum absolute atomic E-state index is 0.0229. The Balaban J connectivity index is 2.02. The van der Waals surface area contributed by atoms with Gasteiger partial charge in [-0.2, -0.15) is 10.4 Å². The van der Waals surface area contributed by atoms with Crippen LogP contribution in [0.15, 0.2) is 33.9 Å². The number of halogens is 4. The van der Waals surface area contributed by atoms with E-state index in [9.17, 15) is 18.4 Å². The summed E-state index contributed by atoms with van der Waals surface area (Å²) in [6, 6.07) is 6.88. The molecule has 0 atom stereocenters. The van der Waals surface area contributed by atoms with E-state index < -0.39 is 29.0 Å². The van der Waals surface area contributed by atoms with Gasteiger partial charge in [0.1, 0.15) is 16.7 Å². The molecule has 0 spiro atoms. The first kappa shape index (κ1) is 20.4. The molecule has 0 aliphatic carbocycles. The van der Waals surface area contributed by atoms with Gasteiger partial charge in [0.15, 0.2) is 5.69 Å². The minimum Gasteiger partial charge on any atom is -0.449 e. The number of nitrogens with zero attached hydrogens (tertiary/aromatic N) is 3. The van der Waals surface area contributed by atoms with Gasteiger partial charge in [0.25, 0.3) is 17.5 Å². The van der Waals surface area contributed by atoms with Crippen LogP contribution in [-0.4, -0.2) is 20.2 Å². The predicted molar refractivity (Wildman–Crippen MR) is 98.7 cm³/mol. The Morgan fingerprint density at radius 3 is 2.62 bits per heavy atom. The van der Waals surface area contributed by atoms with Crippen LogP contribution >= 0.6 is 23.2 Å². The Hall–Kier alpha value is -3.29. The molecule has 2 heterocycles. The van der Waals surface area contributed by atoms with Gasteiger partial charge in [0.05, 0.1) is 11.6 Å².